The summed E-state index contributed by atoms with van der Waals surface area (Å²) in [5, 5.41) is 15.0. The third-order valence-corrected chi connectivity index (χ3v) is 6.98. The molecule has 4 aromatic rings. The Morgan fingerprint density at radius 2 is 1.44 bits per heavy atom. The van der Waals surface area contributed by atoms with E-state index in [0.717, 1.165) is 49.8 Å². The molecule has 0 aliphatic carbocycles. The zero-order chi connectivity index (χ0) is 22.8. The summed E-state index contributed by atoms with van der Waals surface area (Å²) in [6.07, 6.45) is 0.233. The molecule has 32 heavy (non-hydrogen) atoms. The molecule has 1 atom stereocenters. The molecule has 0 saturated carbocycles. The van der Waals surface area contributed by atoms with E-state index in [9.17, 15) is 9.90 Å². The van der Waals surface area contributed by atoms with E-state index >= 15 is 0 Å². The number of carboxylic acids is 1. The molecule has 0 aliphatic rings. The molecule has 0 bridgehead atoms. The fraction of sp³-hybridized carbons (Fsp3) is 0.269. The fourth-order valence-corrected chi connectivity index (χ4v) is 5.73. The van der Waals surface area contributed by atoms with Gasteiger partial charge in [-0.25, -0.2) is 0 Å². The summed E-state index contributed by atoms with van der Waals surface area (Å²) < 4.78 is 12.8. The monoisotopic (exact) mass is 449 g/mol. The van der Waals surface area contributed by atoms with Crippen LogP contribution in [0, 0.1) is 27.7 Å². The van der Waals surface area contributed by atoms with E-state index in [2.05, 4.69) is 43.4 Å². The van der Waals surface area contributed by atoms with Crippen molar-refractivity contribution < 1.29 is 18.3 Å². The Morgan fingerprint density at radius 1 is 0.906 bits per heavy atom. The summed E-state index contributed by atoms with van der Waals surface area (Å²) in [6, 6.07) is 17.4. The van der Waals surface area contributed by atoms with Crippen molar-refractivity contribution in [2.24, 2.45) is 0 Å². The Morgan fingerprint density at radius 3 is 1.94 bits per heavy atom. The molecular weight excluding hydrogens is 421 g/mol. The van der Waals surface area contributed by atoms with Gasteiger partial charge in [-0.05, 0) is 67.6 Å². The van der Waals surface area contributed by atoms with Crippen LogP contribution in [0.25, 0.3) is 21.9 Å². The van der Waals surface area contributed by atoms with Crippen molar-refractivity contribution in [3.63, 3.8) is 0 Å². The SMILES string of the molecule is Cc1cc(C)c2op(C[C@H](NCc3ccccc3)C(=O)O)oc3c(C)cc(C)cc3c2c1. The van der Waals surface area contributed by atoms with Gasteiger partial charge in [0, 0.05) is 17.3 Å². The number of hydrogen-bond acceptors (Lipinski definition) is 4. The average Bonchev–Trinajstić information content (AvgIpc) is 2.89. The molecule has 3 aromatic carbocycles. The Balaban J connectivity index is 1.83. The van der Waals surface area contributed by atoms with Crippen LogP contribution in [0.3, 0.4) is 0 Å². The Bertz CT molecular complexity index is 1260. The van der Waals surface area contributed by atoms with Crippen molar-refractivity contribution in [3.05, 3.63) is 82.4 Å². The number of nitrogens with one attached hydrogen (secondary N) is 1. The van der Waals surface area contributed by atoms with Gasteiger partial charge in [0.15, 0.2) is 0 Å². The molecule has 2 N–H and O–H groups in total. The third-order valence-electron chi connectivity index (χ3n) is 5.54. The first kappa shape index (κ1) is 22.2. The number of aliphatic carboxylic acids is 1. The van der Waals surface area contributed by atoms with Gasteiger partial charge in [-0.15, -0.1) is 0 Å². The predicted molar refractivity (Wildman–Crippen MR) is 130 cm³/mol. The molecular formula is C26H28NO4P. The minimum atomic E-state index is -1.52. The van der Waals surface area contributed by atoms with E-state index in [-0.39, 0.29) is 6.16 Å². The Hall–Kier alpha value is -3.01. The zero-order valence-electron chi connectivity index (χ0n) is 18.8. The van der Waals surface area contributed by atoms with Crippen LogP contribution in [-0.2, 0) is 17.5 Å². The second kappa shape index (κ2) is 9.23. The number of rotatable bonds is 6. The second-order valence-electron chi connectivity index (χ2n) is 8.37. The molecule has 166 valence electrons. The summed E-state index contributed by atoms with van der Waals surface area (Å²) in [5.74, 6) is -0.915. The van der Waals surface area contributed by atoms with Gasteiger partial charge < -0.3 is 13.5 Å². The molecule has 0 unspecified atom stereocenters. The molecule has 0 amide bonds. The van der Waals surface area contributed by atoms with E-state index < -0.39 is 20.0 Å². The quantitative estimate of drug-likeness (QED) is 0.340. The standard InChI is InChI=1S/C26H28NO4P/c1-16-10-18(3)24-21(12-16)22-13-17(2)11-19(4)25(22)31-32(30-24)15-23(26(28)29)27-14-20-8-6-5-7-9-20/h5-13,23,27H,14-15H2,1-4H3,(H,28,29)/t23-/m0/s1. The van der Waals surface area contributed by atoms with Gasteiger partial charge >= 0.3 is 5.97 Å². The zero-order valence-corrected chi connectivity index (χ0v) is 19.7. The minimum absolute atomic E-state index is 0.233. The summed E-state index contributed by atoms with van der Waals surface area (Å²) in [6.45, 7) is 8.64. The smallest absolute Gasteiger partial charge is 0.321 e. The first-order valence-electron chi connectivity index (χ1n) is 10.7. The molecule has 0 fully saturated rings. The van der Waals surface area contributed by atoms with E-state index in [0.29, 0.717) is 6.54 Å². The third kappa shape index (κ3) is 4.74. The summed E-state index contributed by atoms with van der Waals surface area (Å²) in [4.78, 5) is 12.0. The van der Waals surface area contributed by atoms with Crippen LogP contribution in [0.2, 0.25) is 0 Å². The average molecular weight is 449 g/mol. The van der Waals surface area contributed by atoms with Crippen LogP contribution in [0.4, 0.5) is 0 Å². The van der Waals surface area contributed by atoms with Crippen molar-refractivity contribution in [3.8, 4) is 0 Å². The lowest BCUT2D eigenvalue weighted by Gasteiger charge is -2.13. The largest absolute Gasteiger partial charge is 0.480 e. The number of aryl methyl sites for hydroxylation is 4. The molecule has 1 heterocycles. The van der Waals surface area contributed by atoms with Gasteiger partial charge in [0.2, 0.25) is 8.01 Å². The highest BCUT2D eigenvalue weighted by Gasteiger charge is 2.21. The lowest BCUT2D eigenvalue weighted by molar-refractivity contribution is -0.139. The first-order valence-corrected chi connectivity index (χ1v) is 12.0. The summed E-state index contributed by atoms with van der Waals surface area (Å²) in [5.41, 5.74) is 6.92. The van der Waals surface area contributed by atoms with Gasteiger partial charge in [0.05, 0.1) is 6.16 Å². The molecule has 0 spiro atoms. The molecule has 0 aliphatic heterocycles. The Kier molecular flexibility index (Phi) is 6.40. The lowest BCUT2D eigenvalue weighted by atomic mass is 10.0. The van der Waals surface area contributed by atoms with Gasteiger partial charge in [-0.2, -0.15) is 0 Å². The normalized spacial score (nSPS) is 12.2. The lowest BCUT2D eigenvalue weighted by Crippen LogP contribution is -2.36. The summed E-state index contributed by atoms with van der Waals surface area (Å²) in [7, 11) is -1.52. The molecule has 0 saturated heterocycles. The number of carboxylic acid groups (broad SMARTS) is 1. The van der Waals surface area contributed by atoms with Crippen molar-refractivity contribution in [2.75, 3.05) is 0 Å². The van der Waals surface area contributed by atoms with Crippen LogP contribution >= 0.6 is 8.01 Å². The highest BCUT2D eigenvalue weighted by atomic mass is 31.1. The molecule has 0 radical (unpaired) electrons. The highest BCUT2D eigenvalue weighted by Crippen LogP contribution is 2.39. The predicted octanol–water partition coefficient (Wildman–Crippen LogP) is 6.77. The highest BCUT2D eigenvalue weighted by molar-refractivity contribution is 7.36. The molecule has 6 heteroatoms. The topological polar surface area (TPSA) is 75.6 Å². The second-order valence-corrected chi connectivity index (χ2v) is 9.77. The molecule has 1 aromatic heterocycles. The maximum absolute atomic E-state index is 12.0. The van der Waals surface area contributed by atoms with Crippen molar-refractivity contribution in [1.29, 1.82) is 0 Å². The number of fused-ring (bicyclic) bond motifs is 3. The maximum atomic E-state index is 12.0. The van der Waals surface area contributed by atoms with Crippen molar-refractivity contribution in [1.82, 2.24) is 5.32 Å². The van der Waals surface area contributed by atoms with Crippen LogP contribution < -0.4 is 5.32 Å². The Labute approximate surface area is 188 Å². The minimum Gasteiger partial charge on any atom is -0.480 e. The van der Waals surface area contributed by atoms with Gasteiger partial charge in [0.1, 0.15) is 17.2 Å². The van der Waals surface area contributed by atoms with E-state index in [1.165, 1.54) is 0 Å². The number of carbonyl (C=O) groups is 1. The molecule has 5 nitrogen and oxygen atoms in total. The summed E-state index contributed by atoms with van der Waals surface area (Å²) >= 11 is 0. The van der Waals surface area contributed by atoms with Crippen molar-refractivity contribution >= 4 is 35.9 Å². The van der Waals surface area contributed by atoms with Crippen LogP contribution in [0.15, 0.2) is 63.0 Å². The van der Waals surface area contributed by atoms with Gasteiger partial charge in [-0.1, -0.05) is 42.5 Å². The van der Waals surface area contributed by atoms with Crippen molar-refractivity contribution in [2.45, 2.75) is 46.4 Å². The van der Waals surface area contributed by atoms with E-state index in [1.54, 1.807) is 0 Å². The number of benzene rings is 3. The fourth-order valence-electron chi connectivity index (χ4n) is 4.06. The van der Waals surface area contributed by atoms with Crippen LogP contribution in [-0.4, -0.2) is 17.1 Å². The van der Waals surface area contributed by atoms with Gasteiger partial charge in [0.25, 0.3) is 0 Å². The van der Waals surface area contributed by atoms with Crippen LogP contribution in [0.1, 0.15) is 27.8 Å². The van der Waals surface area contributed by atoms with Crippen LogP contribution in [0.5, 0.6) is 0 Å². The number of hydrogen-bond donors (Lipinski definition) is 2. The van der Waals surface area contributed by atoms with Gasteiger partial charge in [-0.3, -0.25) is 10.1 Å². The molecule has 4 rings (SSSR count). The van der Waals surface area contributed by atoms with E-state index in [1.807, 2.05) is 44.2 Å². The maximum Gasteiger partial charge on any atom is 0.321 e. The first-order chi connectivity index (χ1) is 15.3. The van der Waals surface area contributed by atoms with E-state index in [4.69, 9.17) is 8.39 Å².